The molecule has 3 aromatic rings. The Balaban J connectivity index is 0.00000176. The van der Waals surface area contributed by atoms with Crippen LogP contribution in [-0.4, -0.2) is 8.41 Å². The maximum absolute atomic E-state index is 2.27. The zero-order chi connectivity index (χ0) is 14.7. The van der Waals surface area contributed by atoms with Crippen LogP contribution in [-0.2, 0) is 0 Å². The maximum atomic E-state index is 2.27. The van der Waals surface area contributed by atoms with Crippen molar-refractivity contribution in [3.8, 4) is 0 Å². The molecule has 0 spiro atoms. The summed E-state index contributed by atoms with van der Waals surface area (Å²) in [6.45, 7) is 4.28. The molecule has 0 N–H and O–H groups in total. The highest BCUT2D eigenvalue weighted by atomic mass is 31.1. The standard InChI is InChI=1S/C20H19P.BH3/c1-16-8-12-19(13-9-16)21(18-6-4-3-5-7-18)20-14-10-17(2)11-15-20;/h3-15H,1-2H3;1H3. The molecule has 2 heteroatoms. The molecule has 0 atom stereocenters. The first-order valence-electron chi connectivity index (χ1n) is 7.22. The van der Waals surface area contributed by atoms with E-state index in [1.54, 1.807) is 0 Å². The van der Waals surface area contributed by atoms with Gasteiger partial charge in [-0.3, -0.25) is 0 Å². The number of hydrogen-bond acceptors (Lipinski definition) is 0. The van der Waals surface area contributed by atoms with Crippen LogP contribution in [0.1, 0.15) is 11.1 Å². The van der Waals surface area contributed by atoms with Gasteiger partial charge in [0.05, 0.1) is 8.41 Å². The third kappa shape index (κ3) is 3.67. The summed E-state index contributed by atoms with van der Waals surface area (Å²) in [6.07, 6.45) is 0. The minimum atomic E-state index is -0.471. The van der Waals surface area contributed by atoms with Gasteiger partial charge in [0.2, 0.25) is 0 Å². The van der Waals surface area contributed by atoms with Gasteiger partial charge in [-0.2, -0.15) is 0 Å². The van der Waals surface area contributed by atoms with Crippen LogP contribution in [0.5, 0.6) is 0 Å². The summed E-state index contributed by atoms with van der Waals surface area (Å²) in [4.78, 5) is 0. The van der Waals surface area contributed by atoms with Crippen LogP contribution in [0.2, 0.25) is 0 Å². The zero-order valence-corrected chi connectivity index (χ0v) is 13.3. The lowest BCUT2D eigenvalue weighted by atomic mass is 10.2. The van der Waals surface area contributed by atoms with Gasteiger partial charge in [-0.05, 0) is 37.7 Å². The molecule has 0 saturated heterocycles. The summed E-state index contributed by atoms with van der Waals surface area (Å²) in [6, 6.07) is 28.8. The Morgan fingerprint density at radius 1 is 0.500 bits per heavy atom. The van der Waals surface area contributed by atoms with Gasteiger partial charge in [0.15, 0.2) is 0 Å². The van der Waals surface area contributed by atoms with Crippen molar-refractivity contribution >= 4 is 32.2 Å². The summed E-state index contributed by atoms with van der Waals surface area (Å²) >= 11 is 0. The van der Waals surface area contributed by atoms with Crippen LogP contribution in [0.4, 0.5) is 0 Å². The fraction of sp³-hybridized carbons (Fsp3) is 0.100. The Labute approximate surface area is 136 Å². The van der Waals surface area contributed by atoms with E-state index in [9.17, 15) is 0 Å². The van der Waals surface area contributed by atoms with E-state index in [1.165, 1.54) is 27.0 Å². The van der Waals surface area contributed by atoms with Crippen LogP contribution in [0.25, 0.3) is 0 Å². The molecule has 0 heterocycles. The summed E-state index contributed by atoms with van der Waals surface area (Å²) in [5.74, 6) is 0. The molecule has 0 saturated carbocycles. The van der Waals surface area contributed by atoms with Crippen molar-refractivity contribution in [3.63, 3.8) is 0 Å². The summed E-state index contributed by atoms with van der Waals surface area (Å²) in [7, 11) is -0.471. The van der Waals surface area contributed by atoms with Gasteiger partial charge in [-0.15, -0.1) is 0 Å². The average molecular weight is 304 g/mol. The lowest BCUT2D eigenvalue weighted by molar-refractivity contribution is 1.49. The molecule has 110 valence electrons. The molecular formula is C20H22BP. The summed E-state index contributed by atoms with van der Waals surface area (Å²) in [5, 5.41) is 4.22. The van der Waals surface area contributed by atoms with Crippen molar-refractivity contribution in [2.75, 3.05) is 0 Å². The first kappa shape index (κ1) is 16.5. The Bertz CT molecular complexity index is 657. The molecule has 22 heavy (non-hydrogen) atoms. The Kier molecular flexibility index (Phi) is 5.58. The molecule has 3 aromatic carbocycles. The summed E-state index contributed by atoms with van der Waals surface area (Å²) in [5.41, 5.74) is 2.62. The highest BCUT2D eigenvalue weighted by molar-refractivity contribution is 7.79. The fourth-order valence-corrected chi connectivity index (χ4v) is 4.67. The molecule has 3 rings (SSSR count). The fourth-order valence-electron chi connectivity index (χ4n) is 2.41. The first-order valence-corrected chi connectivity index (χ1v) is 8.57. The van der Waals surface area contributed by atoms with Crippen LogP contribution in [0.15, 0.2) is 78.9 Å². The third-order valence-electron chi connectivity index (χ3n) is 3.60. The predicted molar refractivity (Wildman–Crippen MR) is 105 cm³/mol. The van der Waals surface area contributed by atoms with E-state index >= 15 is 0 Å². The monoisotopic (exact) mass is 304 g/mol. The third-order valence-corrected chi connectivity index (χ3v) is 6.04. The van der Waals surface area contributed by atoms with Crippen molar-refractivity contribution in [1.82, 2.24) is 0 Å². The summed E-state index contributed by atoms with van der Waals surface area (Å²) < 4.78 is 0. The molecule has 0 radical (unpaired) electrons. The lowest BCUT2D eigenvalue weighted by Gasteiger charge is -2.19. The van der Waals surface area contributed by atoms with Gasteiger partial charge >= 0.3 is 0 Å². The van der Waals surface area contributed by atoms with E-state index in [-0.39, 0.29) is 8.41 Å². The van der Waals surface area contributed by atoms with Gasteiger partial charge in [-0.25, -0.2) is 0 Å². The van der Waals surface area contributed by atoms with Gasteiger partial charge < -0.3 is 0 Å². The van der Waals surface area contributed by atoms with Gasteiger partial charge in [0.25, 0.3) is 0 Å². The largest absolute Gasteiger partial charge is 0.0814 e. The van der Waals surface area contributed by atoms with Crippen molar-refractivity contribution in [2.45, 2.75) is 13.8 Å². The molecule has 0 nitrogen and oxygen atoms in total. The Morgan fingerprint density at radius 2 is 0.864 bits per heavy atom. The van der Waals surface area contributed by atoms with Crippen LogP contribution < -0.4 is 15.9 Å². The number of aryl methyl sites for hydroxylation is 2. The SMILES string of the molecule is B.Cc1ccc(P(c2ccccc2)c2ccc(C)cc2)cc1. The molecule has 0 aliphatic heterocycles. The van der Waals surface area contributed by atoms with Crippen LogP contribution >= 0.6 is 7.92 Å². The van der Waals surface area contributed by atoms with Crippen molar-refractivity contribution < 1.29 is 0 Å². The number of rotatable bonds is 3. The first-order chi connectivity index (χ1) is 10.2. The second-order valence-corrected chi connectivity index (χ2v) is 7.56. The normalized spacial score (nSPS) is 10.3. The molecule has 0 fully saturated rings. The molecule has 0 bridgehead atoms. The minimum Gasteiger partial charge on any atom is -0.0622 e. The van der Waals surface area contributed by atoms with Crippen molar-refractivity contribution in [3.05, 3.63) is 90.0 Å². The minimum absolute atomic E-state index is 0. The van der Waals surface area contributed by atoms with E-state index in [0.29, 0.717) is 0 Å². The van der Waals surface area contributed by atoms with Gasteiger partial charge in [0.1, 0.15) is 0 Å². The Morgan fingerprint density at radius 3 is 1.27 bits per heavy atom. The average Bonchev–Trinajstić information content (AvgIpc) is 2.52. The topological polar surface area (TPSA) is 0 Å². The van der Waals surface area contributed by atoms with Gasteiger partial charge in [0, 0.05) is 0 Å². The molecule has 0 amide bonds. The lowest BCUT2D eigenvalue weighted by Crippen LogP contribution is -2.20. The second kappa shape index (κ2) is 7.43. The molecule has 0 aliphatic carbocycles. The predicted octanol–water partition coefficient (Wildman–Crippen LogP) is 2.88. The van der Waals surface area contributed by atoms with Crippen molar-refractivity contribution in [2.24, 2.45) is 0 Å². The van der Waals surface area contributed by atoms with E-state index in [4.69, 9.17) is 0 Å². The van der Waals surface area contributed by atoms with E-state index in [0.717, 1.165) is 0 Å². The molecule has 0 aliphatic rings. The Hall–Kier alpha value is -1.85. The number of benzene rings is 3. The molecule has 0 unspecified atom stereocenters. The highest BCUT2D eigenvalue weighted by Crippen LogP contribution is 2.32. The van der Waals surface area contributed by atoms with Gasteiger partial charge in [-0.1, -0.05) is 90.0 Å². The number of hydrogen-bond donors (Lipinski definition) is 0. The second-order valence-electron chi connectivity index (χ2n) is 5.34. The maximum Gasteiger partial charge on any atom is 0.0814 e. The van der Waals surface area contributed by atoms with E-state index in [1.807, 2.05) is 0 Å². The smallest absolute Gasteiger partial charge is 0.0622 e. The highest BCUT2D eigenvalue weighted by Gasteiger charge is 2.15. The van der Waals surface area contributed by atoms with E-state index in [2.05, 4.69) is 92.7 Å². The van der Waals surface area contributed by atoms with E-state index < -0.39 is 7.92 Å². The molecule has 0 aromatic heterocycles. The quantitative estimate of drug-likeness (QED) is 0.515. The zero-order valence-electron chi connectivity index (χ0n) is 12.5. The van der Waals surface area contributed by atoms with Crippen LogP contribution in [0.3, 0.4) is 0 Å². The van der Waals surface area contributed by atoms with Crippen LogP contribution in [0, 0.1) is 13.8 Å². The molecular weight excluding hydrogens is 282 g/mol. The van der Waals surface area contributed by atoms with Crippen molar-refractivity contribution in [1.29, 1.82) is 0 Å².